The molecule has 10 heavy (non-hydrogen) atoms. The van der Waals surface area contributed by atoms with Crippen LogP contribution in [-0.4, -0.2) is 22.4 Å². The van der Waals surface area contributed by atoms with Crippen LogP contribution in [0.15, 0.2) is 11.5 Å². The number of carboxylic acids is 1. The lowest BCUT2D eigenvalue weighted by atomic mass is 10.7. The van der Waals surface area contributed by atoms with E-state index in [2.05, 4.69) is 5.32 Å². The van der Waals surface area contributed by atoms with Crippen LogP contribution < -0.4 is 5.32 Å². The molecule has 0 saturated carbocycles. The monoisotopic (exact) mass is 177 g/mol. The summed E-state index contributed by atoms with van der Waals surface area (Å²) in [5.74, 6) is -0.966. The molecule has 0 aliphatic rings. The summed E-state index contributed by atoms with van der Waals surface area (Å²) in [7, 11) is 1.68. The molecule has 0 aromatic heterocycles. The Kier molecular flexibility index (Phi) is 4.96. The van der Waals surface area contributed by atoms with Crippen LogP contribution in [-0.2, 0) is 4.79 Å². The molecule has 0 aromatic carbocycles. The molecule has 0 aliphatic carbocycles. The number of thiocarbonyl (C=S) groups is 1. The highest BCUT2D eigenvalue weighted by atomic mass is 32.2. The molecule has 0 bridgehead atoms. The zero-order valence-corrected chi connectivity index (χ0v) is 6.96. The van der Waals surface area contributed by atoms with Gasteiger partial charge in [0, 0.05) is 13.1 Å². The highest BCUT2D eigenvalue weighted by Gasteiger charge is 1.88. The summed E-state index contributed by atoms with van der Waals surface area (Å²) in [5.41, 5.74) is 0. The number of nitrogens with one attached hydrogen (secondary N) is 1. The fourth-order valence-electron chi connectivity index (χ4n) is 0.213. The van der Waals surface area contributed by atoms with Crippen molar-refractivity contribution in [1.29, 1.82) is 0 Å². The third-order valence-electron chi connectivity index (χ3n) is 0.590. The number of hydrogen-bond acceptors (Lipinski definition) is 3. The Morgan fingerprint density at radius 2 is 2.40 bits per heavy atom. The van der Waals surface area contributed by atoms with E-state index in [-0.39, 0.29) is 0 Å². The molecule has 0 fully saturated rings. The van der Waals surface area contributed by atoms with Gasteiger partial charge in [0.05, 0.1) is 0 Å². The zero-order valence-electron chi connectivity index (χ0n) is 5.33. The quantitative estimate of drug-likeness (QED) is 0.483. The molecule has 0 radical (unpaired) electrons. The van der Waals surface area contributed by atoms with Gasteiger partial charge >= 0.3 is 5.97 Å². The van der Waals surface area contributed by atoms with Gasteiger partial charge in [-0.3, -0.25) is 0 Å². The molecular weight excluding hydrogens is 170 g/mol. The SMILES string of the molecule is CNC(=S)SC=CC(=O)O. The van der Waals surface area contributed by atoms with Crippen LogP contribution in [0.25, 0.3) is 0 Å². The van der Waals surface area contributed by atoms with E-state index < -0.39 is 5.97 Å². The first-order valence-electron chi connectivity index (χ1n) is 2.44. The molecule has 0 saturated heterocycles. The average molecular weight is 177 g/mol. The molecule has 2 N–H and O–H groups in total. The van der Waals surface area contributed by atoms with Crippen molar-refractivity contribution in [2.45, 2.75) is 0 Å². The van der Waals surface area contributed by atoms with Crippen molar-refractivity contribution in [2.24, 2.45) is 0 Å². The Morgan fingerprint density at radius 1 is 1.80 bits per heavy atom. The highest BCUT2D eigenvalue weighted by molar-refractivity contribution is 8.24. The summed E-state index contributed by atoms with van der Waals surface area (Å²) >= 11 is 5.88. The van der Waals surface area contributed by atoms with Crippen molar-refractivity contribution in [3.63, 3.8) is 0 Å². The average Bonchev–Trinajstić information content (AvgIpc) is 1.87. The van der Waals surface area contributed by atoms with Gasteiger partial charge in [-0.25, -0.2) is 4.79 Å². The Balaban J connectivity index is 3.53. The number of carbonyl (C=O) groups is 1. The molecule has 0 aromatic rings. The van der Waals surface area contributed by atoms with Crippen molar-refractivity contribution >= 4 is 34.3 Å². The second kappa shape index (κ2) is 5.25. The van der Waals surface area contributed by atoms with E-state index in [1.807, 2.05) is 0 Å². The summed E-state index contributed by atoms with van der Waals surface area (Å²) in [6, 6.07) is 0. The van der Waals surface area contributed by atoms with Gasteiger partial charge in [0.25, 0.3) is 0 Å². The summed E-state index contributed by atoms with van der Waals surface area (Å²) in [6.45, 7) is 0. The van der Waals surface area contributed by atoms with Crippen LogP contribution in [0.1, 0.15) is 0 Å². The van der Waals surface area contributed by atoms with Crippen LogP contribution in [0.3, 0.4) is 0 Å². The largest absolute Gasteiger partial charge is 0.478 e. The summed E-state index contributed by atoms with van der Waals surface area (Å²) in [6.07, 6.45) is 1.04. The van der Waals surface area contributed by atoms with Crippen LogP contribution >= 0.6 is 24.0 Å². The fourth-order valence-corrected chi connectivity index (χ4v) is 0.806. The molecule has 3 nitrogen and oxygen atoms in total. The van der Waals surface area contributed by atoms with Gasteiger partial charge in [-0.1, -0.05) is 24.0 Å². The van der Waals surface area contributed by atoms with Gasteiger partial charge in [-0.05, 0) is 5.41 Å². The highest BCUT2D eigenvalue weighted by Crippen LogP contribution is 2.01. The van der Waals surface area contributed by atoms with E-state index in [1.54, 1.807) is 7.05 Å². The van der Waals surface area contributed by atoms with E-state index in [9.17, 15) is 4.79 Å². The molecule has 0 rings (SSSR count). The first-order chi connectivity index (χ1) is 4.66. The maximum atomic E-state index is 9.91. The van der Waals surface area contributed by atoms with E-state index in [4.69, 9.17) is 17.3 Å². The van der Waals surface area contributed by atoms with Gasteiger partial charge in [-0.15, -0.1) is 0 Å². The van der Waals surface area contributed by atoms with E-state index >= 15 is 0 Å². The fraction of sp³-hybridized carbons (Fsp3) is 0.200. The minimum atomic E-state index is -0.966. The lowest BCUT2D eigenvalue weighted by Gasteiger charge is -1.93. The lowest BCUT2D eigenvalue weighted by molar-refractivity contribution is -0.131. The molecule has 5 heteroatoms. The topological polar surface area (TPSA) is 49.3 Å². The predicted octanol–water partition coefficient (Wildman–Crippen LogP) is 0.822. The summed E-state index contributed by atoms with van der Waals surface area (Å²) < 4.78 is 0.553. The Morgan fingerprint density at radius 3 is 2.80 bits per heavy atom. The number of aliphatic carboxylic acids is 1. The van der Waals surface area contributed by atoms with Crippen LogP contribution in [0.4, 0.5) is 0 Å². The van der Waals surface area contributed by atoms with Gasteiger partial charge in [-0.2, -0.15) is 0 Å². The Bertz CT molecular complexity index is 167. The third-order valence-corrected chi connectivity index (χ3v) is 1.77. The third kappa shape index (κ3) is 5.58. The number of rotatable bonds is 2. The minimum absolute atomic E-state index is 0.553. The normalized spacial score (nSPS) is 9.70. The molecular formula is C5H7NO2S2. The van der Waals surface area contributed by atoms with Crippen molar-refractivity contribution in [1.82, 2.24) is 5.32 Å². The van der Waals surface area contributed by atoms with Crippen LogP contribution in [0, 0.1) is 0 Å². The van der Waals surface area contributed by atoms with Gasteiger partial charge in [0.15, 0.2) is 0 Å². The Hall–Kier alpha value is -0.550. The van der Waals surface area contributed by atoms with Crippen LogP contribution in [0.2, 0.25) is 0 Å². The van der Waals surface area contributed by atoms with Crippen molar-refractivity contribution < 1.29 is 9.90 Å². The van der Waals surface area contributed by atoms with E-state index in [1.165, 1.54) is 5.41 Å². The number of hydrogen-bond donors (Lipinski definition) is 2. The molecule has 0 amide bonds. The minimum Gasteiger partial charge on any atom is -0.478 e. The van der Waals surface area contributed by atoms with Crippen molar-refractivity contribution in [2.75, 3.05) is 7.05 Å². The first kappa shape index (κ1) is 9.45. The molecule has 0 atom stereocenters. The predicted molar refractivity (Wildman–Crippen MR) is 46.0 cm³/mol. The lowest BCUT2D eigenvalue weighted by Crippen LogP contribution is -2.09. The maximum Gasteiger partial charge on any atom is 0.328 e. The molecule has 0 aliphatic heterocycles. The molecule has 0 heterocycles. The number of thioether (sulfide) groups is 1. The summed E-state index contributed by atoms with van der Waals surface area (Å²) in [4.78, 5) is 9.91. The van der Waals surface area contributed by atoms with Gasteiger partial charge < -0.3 is 10.4 Å². The van der Waals surface area contributed by atoms with Crippen molar-refractivity contribution in [3.8, 4) is 0 Å². The zero-order chi connectivity index (χ0) is 7.98. The first-order valence-corrected chi connectivity index (χ1v) is 3.73. The second-order valence-corrected chi connectivity index (χ2v) is 2.88. The second-order valence-electron chi connectivity index (χ2n) is 1.30. The standard InChI is InChI=1S/C5H7NO2S2/c1-6-5(9)10-3-2-4(7)8/h2-3H,1H3,(H,6,9)(H,7,8). The molecule has 0 spiro atoms. The Labute approximate surface area is 68.5 Å². The smallest absolute Gasteiger partial charge is 0.328 e. The summed E-state index contributed by atoms with van der Waals surface area (Å²) in [5, 5.41) is 12.2. The van der Waals surface area contributed by atoms with E-state index in [0.717, 1.165) is 17.8 Å². The molecule has 56 valence electrons. The van der Waals surface area contributed by atoms with Gasteiger partial charge in [0.1, 0.15) is 4.32 Å². The number of carboxylic acid groups (broad SMARTS) is 1. The van der Waals surface area contributed by atoms with Crippen molar-refractivity contribution in [3.05, 3.63) is 11.5 Å². The maximum absolute atomic E-state index is 9.91. The van der Waals surface area contributed by atoms with Gasteiger partial charge in [0.2, 0.25) is 0 Å². The van der Waals surface area contributed by atoms with E-state index in [0.29, 0.717) is 4.32 Å². The van der Waals surface area contributed by atoms with Crippen LogP contribution in [0.5, 0.6) is 0 Å². The molecule has 0 unspecified atom stereocenters.